The van der Waals surface area contributed by atoms with Gasteiger partial charge in [0.2, 0.25) is 0 Å². The third kappa shape index (κ3) is 3.59. The highest BCUT2D eigenvalue weighted by Gasteiger charge is 2.37. The number of carbonyl (C=O) groups is 3. The van der Waals surface area contributed by atoms with E-state index >= 15 is 0 Å². The number of ether oxygens (including phenoxy) is 1. The Morgan fingerprint density at radius 2 is 1.77 bits per heavy atom. The minimum absolute atomic E-state index is 0.126. The number of benzene rings is 1. The molecule has 8 nitrogen and oxygen atoms in total. The molecule has 4 amide bonds. The van der Waals surface area contributed by atoms with Crippen LogP contribution >= 0.6 is 0 Å². The van der Waals surface area contributed by atoms with Gasteiger partial charge in [0.25, 0.3) is 11.8 Å². The fraction of sp³-hybridized carbons (Fsp3) is 0.130. The van der Waals surface area contributed by atoms with Gasteiger partial charge in [-0.15, -0.1) is 0 Å². The predicted octanol–water partition coefficient (Wildman–Crippen LogP) is 3.16. The lowest BCUT2D eigenvalue weighted by atomic mass is 10.1. The molecule has 1 N–H and O–H groups in total. The highest BCUT2D eigenvalue weighted by Crippen LogP contribution is 2.26. The Labute approximate surface area is 178 Å². The van der Waals surface area contributed by atoms with Crippen LogP contribution in [0.25, 0.3) is 11.8 Å². The topological polar surface area (TPSA) is 93.5 Å². The second kappa shape index (κ2) is 7.91. The Morgan fingerprint density at radius 3 is 2.42 bits per heavy atom. The minimum atomic E-state index is -0.802. The van der Waals surface area contributed by atoms with Crippen LogP contribution in [0.4, 0.5) is 10.5 Å². The molecule has 1 aliphatic rings. The van der Waals surface area contributed by atoms with Crippen molar-refractivity contribution in [2.75, 3.05) is 12.0 Å². The van der Waals surface area contributed by atoms with Gasteiger partial charge in [0.15, 0.2) is 0 Å². The summed E-state index contributed by atoms with van der Waals surface area (Å²) in [7, 11) is 1.61. The average Bonchev–Trinajstić information content (AvgIpc) is 3.04. The number of methoxy groups -OCH3 is 1. The normalized spacial score (nSPS) is 15.4. The third-order valence-corrected chi connectivity index (χ3v) is 5.11. The summed E-state index contributed by atoms with van der Waals surface area (Å²) in [6.45, 7) is 3.84. The highest BCUT2D eigenvalue weighted by atomic mass is 16.5. The number of rotatable bonds is 4. The Morgan fingerprint density at radius 1 is 1.03 bits per heavy atom. The van der Waals surface area contributed by atoms with Gasteiger partial charge < -0.3 is 9.30 Å². The molecule has 31 heavy (non-hydrogen) atoms. The Hall–Kier alpha value is -4.20. The summed E-state index contributed by atoms with van der Waals surface area (Å²) in [5.74, 6) is -0.682. The SMILES string of the molecule is COc1ccc(-n2c(C)cc(/C=C3\C(=O)NC(=O)N(c4cccnc4)C3=O)c2C)cc1. The summed E-state index contributed by atoms with van der Waals surface area (Å²) in [5, 5.41) is 2.22. The maximum Gasteiger partial charge on any atom is 0.336 e. The molecule has 3 aromatic rings. The molecular weight excluding hydrogens is 396 g/mol. The lowest BCUT2D eigenvalue weighted by molar-refractivity contribution is -0.122. The summed E-state index contributed by atoms with van der Waals surface area (Å²) in [5.41, 5.74) is 3.56. The number of imide groups is 2. The number of hydrogen-bond donors (Lipinski definition) is 1. The first-order chi connectivity index (χ1) is 14.9. The van der Waals surface area contributed by atoms with Gasteiger partial charge in [0.1, 0.15) is 11.3 Å². The molecule has 1 aromatic carbocycles. The molecule has 0 saturated carbocycles. The number of carbonyl (C=O) groups excluding carboxylic acids is 3. The highest BCUT2D eigenvalue weighted by molar-refractivity contribution is 6.39. The van der Waals surface area contributed by atoms with E-state index in [1.54, 1.807) is 19.2 Å². The number of anilines is 1. The van der Waals surface area contributed by atoms with Gasteiger partial charge in [-0.2, -0.15) is 0 Å². The first-order valence-electron chi connectivity index (χ1n) is 9.55. The third-order valence-electron chi connectivity index (χ3n) is 5.11. The van der Waals surface area contributed by atoms with E-state index < -0.39 is 17.8 Å². The molecule has 2 aromatic heterocycles. The summed E-state index contributed by atoms with van der Waals surface area (Å²) < 4.78 is 7.23. The van der Waals surface area contributed by atoms with E-state index in [1.807, 2.05) is 48.7 Å². The molecule has 0 unspecified atom stereocenters. The fourth-order valence-corrected chi connectivity index (χ4v) is 3.60. The van der Waals surface area contributed by atoms with Crippen molar-refractivity contribution in [3.05, 3.63) is 77.4 Å². The van der Waals surface area contributed by atoms with Gasteiger partial charge in [0.05, 0.1) is 19.0 Å². The number of nitrogens with zero attached hydrogens (tertiary/aromatic N) is 3. The monoisotopic (exact) mass is 416 g/mol. The van der Waals surface area contributed by atoms with Gasteiger partial charge in [-0.1, -0.05) is 0 Å². The molecule has 3 heterocycles. The number of hydrogen-bond acceptors (Lipinski definition) is 5. The molecule has 1 aliphatic heterocycles. The summed E-state index contributed by atoms with van der Waals surface area (Å²) in [4.78, 5) is 42.6. The van der Waals surface area contributed by atoms with Crippen LogP contribution in [-0.4, -0.2) is 34.5 Å². The minimum Gasteiger partial charge on any atom is -0.497 e. The molecule has 0 spiro atoms. The molecule has 0 radical (unpaired) electrons. The Bertz CT molecular complexity index is 1210. The van der Waals surface area contributed by atoms with E-state index in [9.17, 15) is 14.4 Å². The molecule has 1 fully saturated rings. The zero-order valence-corrected chi connectivity index (χ0v) is 17.2. The van der Waals surface area contributed by atoms with Crippen molar-refractivity contribution >= 4 is 29.6 Å². The number of barbiturate groups is 1. The molecule has 8 heteroatoms. The van der Waals surface area contributed by atoms with Crippen molar-refractivity contribution < 1.29 is 19.1 Å². The van der Waals surface area contributed by atoms with E-state index in [4.69, 9.17) is 4.74 Å². The molecule has 1 saturated heterocycles. The summed E-state index contributed by atoms with van der Waals surface area (Å²) in [6, 6.07) is 11.9. The van der Waals surface area contributed by atoms with Gasteiger partial charge in [-0.3, -0.25) is 19.9 Å². The van der Waals surface area contributed by atoms with Crippen molar-refractivity contribution in [2.24, 2.45) is 0 Å². The quantitative estimate of drug-likeness (QED) is 0.521. The number of aromatic nitrogens is 2. The van der Waals surface area contributed by atoms with Gasteiger partial charge >= 0.3 is 6.03 Å². The van der Waals surface area contributed by atoms with Crippen molar-refractivity contribution in [3.63, 3.8) is 0 Å². The summed E-state index contributed by atoms with van der Waals surface area (Å²) >= 11 is 0. The molecule has 0 atom stereocenters. The Balaban J connectivity index is 1.74. The predicted molar refractivity (Wildman–Crippen MR) is 115 cm³/mol. The number of amides is 4. The van der Waals surface area contributed by atoms with Crippen LogP contribution < -0.4 is 15.0 Å². The fourth-order valence-electron chi connectivity index (χ4n) is 3.60. The lowest BCUT2D eigenvalue weighted by Crippen LogP contribution is -2.54. The molecule has 156 valence electrons. The molecule has 0 aliphatic carbocycles. The zero-order chi connectivity index (χ0) is 22.1. The van der Waals surface area contributed by atoms with Crippen molar-refractivity contribution in [1.29, 1.82) is 0 Å². The maximum atomic E-state index is 13.0. The van der Waals surface area contributed by atoms with E-state index in [2.05, 4.69) is 10.3 Å². The van der Waals surface area contributed by atoms with E-state index in [0.29, 0.717) is 5.56 Å². The van der Waals surface area contributed by atoms with E-state index in [-0.39, 0.29) is 11.3 Å². The van der Waals surface area contributed by atoms with Gasteiger partial charge in [0, 0.05) is 23.3 Å². The standard InChI is InChI=1S/C23H20N4O4/c1-14-11-16(15(2)26(14)17-6-8-19(31-3)9-7-17)12-20-21(28)25-23(30)27(22(20)29)18-5-4-10-24-13-18/h4-13H,1-3H3,(H,25,28,30)/b20-12+. The van der Waals surface area contributed by atoms with Gasteiger partial charge in [-0.05, 0) is 68.0 Å². The second-order valence-corrected chi connectivity index (χ2v) is 7.03. The first kappa shape index (κ1) is 20.1. The number of pyridine rings is 1. The van der Waals surface area contributed by atoms with Crippen LogP contribution in [0.2, 0.25) is 0 Å². The van der Waals surface area contributed by atoms with Crippen molar-refractivity contribution in [3.8, 4) is 11.4 Å². The number of urea groups is 1. The zero-order valence-electron chi connectivity index (χ0n) is 17.2. The largest absolute Gasteiger partial charge is 0.497 e. The Kier molecular flexibility index (Phi) is 5.12. The van der Waals surface area contributed by atoms with Gasteiger partial charge in [-0.25, -0.2) is 9.69 Å². The van der Waals surface area contributed by atoms with Crippen LogP contribution in [-0.2, 0) is 9.59 Å². The van der Waals surface area contributed by atoms with Crippen molar-refractivity contribution in [1.82, 2.24) is 14.9 Å². The van der Waals surface area contributed by atoms with E-state index in [0.717, 1.165) is 27.7 Å². The van der Waals surface area contributed by atoms with Crippen LogP contribution in [0, 0.1) is 13.8 Å². The smallest absolute Gasteiger partial charge is 0.336 e. The van der Waals surface area contributed by atoms with Crippen LogP contribution in [0.3, 0.4) is 0 Å². The maximum absolute atomic E-state index is 13.0. The van der Waals surface area contributed by atoms with Crippen LogP contribution in [0.15, 0.2) is 60.4 Å². The molecular formula is C23H20N4O4. The molecule has 4 rings (SSSR count). The number of aryl methyl sites for hydroxylation is 1. The molecule has 0 bridgehead atoms. The van der Waals surface area contributed by atoms with Crippen LogP contribution in [0.5, 0.6) is 5.75 Å². The summed E-state index contributed by atoms with van der Waals surface area (Å²) in [6.07, 6.45) is 4.43. The van der Waals surface area contributed by atoms with E-state index in [1.165, 1.54) is 18.5 Å². The van der Waals surface area contributed by atoms with Crippen molar-refractivity contribution in [2.45, 2.75) is 13.8 Å². The average molecular weight is 416 g/mol. The lowest BCUT2D eigenvalue weighted by Gasteiger charge is -2.26. The van der Waals surface area contributed by atoms with Crippen LogP contribution in [0.1, 0.15) is 17.0 Å². The first-order valence-corrected chi connectivity index (χ1v) is 9.55. The number of nitrogens with one attached hydrogen (secondary N) is 1. The second-order valence-electron chi connectivity index (χ2n) is 7.03.